The predicted octanol–water partition coefficient (Wildman–Crippen LogP) is 1.89. The van der Waals surface area contributed by atoms with Crippen LogP contribution in [0.5, 0.6) is 0 Å². The van der Waals surface area contributed by atoms with Gasteiger partial charge in [0.05, 0.1) is 10.5 Å². The molecule has 124 valence electrons. The van der Waals surface area contributed by atoms with Crippen molar-refractivity contribution in [3.05, 3.63) is 35.9 Å². The fraction of sp³-hybridized carbons (Fsp3) is 0.533. The minimum atomic E-state index is -3.03. The number of benzene rings is 1. The summed E-state index contributed by atoms with van der Waals surface area (Å²) in [6.45, 7) is 5.18. The van der Waals surface area contributed by atoms with Crippen LogP contribution in [-0.4, -0.2) is 49.9 Å². The van der Waals surface area contributed by atoms with Crippen LogP contribution >= 0.6 is 24.0 Å². The average Bonchev–Trinajstić information content (AvgIpc) is 2.44. The van der Waals surface area contributed by atoms with Gasteiger partial charge in [-0.05, 0) is 19.4 Å². The molecule has 7 heteroatoms. The lowest BCUT2D eigenvalue weighted by Crippen LogP contribution is -2.57. The molecule has 0 radical (unpaired) electrons. The highest BCUT2D eigenvalue weighted by Gasteiger charge is 2.40. The number of halogens is 1. The Morgan fingerprint density at radius 2 is 1.95 bits per heavy atom. The van der Waals surface area contributed by atoms with E-state index < -0.39 is 14.6 Å². The minimum absolute atomic E-state index is 0. The van der Waals surface area contributed by atoms with Crippen molar-refractivity contribution in [2.75, 3.05) is 25.9 Å². The van der Waals surface area contributed by atoms with Crippen molar-refractivity contribution in [3.8, 4) is 0 Å². The summed E-state index contributed by atoms with van der Waals surface area (Å²) < 4.78 is 23.4. The Bertz CT molecular complexity index is 615. The molecular weight excluding hydrogens is 413 g/mol. The fourth-order valence-electron chi connectivity index (χ4n) is 2.43. The van der Waals surface area contributed by atoms with E-state index in [1.54, 1.807) is 20.9 Å². The van der Waals surface area contributed by atoms with Crippen molar-refractivity contribution in [1.29, 1.82) is 0 Å². The Hall–Kier alpha value is -0.830. The zero-order chi connectivity index (χ0) is 15.5. The lowest BCUT2D eigenvalue weighted by atomic mass is 10.2. The minimum Gasteiger partial charge on any atom is -0.352 e. The molecule has 1 N–H and O–H groups in total. The quantitative estimate of drug-likeness (QED) is 0.436. The molecule has 1 aromatic carbocycles. The summed E-state index contributed by atoms with van der Waals surface area (Å²) in [7, 11) is -1.30. The Morgan fingerprint density at radius 1 is 1.32 bits per heavy atom. The van der Waals surface area contributed by atoms with E-state index in [1.807, 2.05) is 35.2 Å². The molecule has 0 amide bonds. The summed E-state index contributed by atoms with van der Waals surface area (Å²) in [5.74, 6) is 0.924. The van der Waals surface area contributed by atoms with Gasteiger partial charge in [-0.25, -0.2) is 8.42 Å². The van der Waals surface area contributed by atoms with Crippen molar-refractivity contribution in [2.24, 2.45) is 4.99 Å². The van der Waals surface area contributed by atoms with Crippen LogP contribution in [0.1, 0.15) is 19.4 Å². The highest BCUT2D eigenvalue weighted by Crippen LogP contribution is 2.23. The first-order chi connectivity index (χ1) is 9.86. The molecule has 1 fully saturated rings. The molecule has 1 saturated heterocycles. The standard InChI is InChI=1S/C15H23N3O2S.HI/c1-15(2)12-18(9-10-21(15,19)20)14(16-3)17-11-13-7-5-4-6-8-13;/h4-8H,9-12H2,1-3H3,(H,16,17);1H. The lowest BCUT2D eigenvalue weighted by molar-refractivity contribution is 0.353. The van der Waals surface area contributed by atoms with Crippen LogP contribution in [0.25, 0.3) is 0 Å². The van der Waals surface area contributed by atoms with E-state index in [9.17, 15) is 8.42 Å². The first-order valence-corrected chi connectivity index (χ1v) is 8.73. The monoisotopic (exact) mass is 437 g/mol. The lowest BCUT2D eigenvalue weighted by Gasteiger charge is -2.39. The molecule has 1 heterocycles. The van der Waals surface area contributed by atoms with Crippen LogP contribution in [-0.2, 0) is 16.4 Å². The average molecular weight is 437 g/mol. The summed E-state index contributed by atoms with van der Waals surface area (Å²) in [5.41, 5.74) is 1.17. The van der Waals surface area contributed by atoms with Gasteiger partial charge in [-0.15, -0.1) is 24.0 Å². The topological polar surface area (TPSA) is 61.8 Å². The molecule has 1 aliphatic rings. The molecule has 0 aliphatic carbocycles. The van der Waals surface area contributed by atoms with Gasteiger partial charge in [0.1, 0.15) is 0 Å². The number of sulfone groups is 1. The Morgan fingerprint density at radius 3 is 2.50 bits per heavy atom. The second-order valence-corrected chi connectivity index (χ2v) is 8.63. The van der Waals surface area contributed by atoms with Crippen LogP contribution in [0, 0.1) is 0 Å². The normalized spacial score (nSPS) is 20.1. The molecule has 0 atom stereocenters. The molecule has 1 aliphatic heterocycles. The zero-order valence-corrected chi connectivity index (χ0v) is 16.4. The first kappa shape index (κ1) is 19.2. The summed E-state index contributed by atoms with van der Waals surface area (Å²) in [6.07, 6.45) is 0. The number of hydrogen-bond acceptors (Lipinski definition) is 3. The van der Waals surface area contributed by atoms with Crippen molar-refractivity contribution in [2.45, 2.75) is 25.1 Å². The van der Waals surface area contributed by atoms with Crippen molar-refractivity contribution in [3.63, 3.8) is 0 Å². The van der Waals surface area contributed by atoms with Crippen LogP contribution in [0.4, 0.5) is 0 Å². The van der Waals surface area contributed by atoms with Crippen LogP contribution in [0.3, 0.4) is 0 Å². The summed E-state index contributed by atoms with van der Waals surface area (Å²) >= 11 is 0. The van der Waals surface area contributed by atoms with Crippen LogP contribution in [0.15, 0.2) is 35.3 Å². The molecule has 0 unspecified atom stereocenters. The molecule has 0 spiro atoms. The summed E-state index contributed by atoms with van der Waals surface area (Å²) in [4.78, 5) is 6.29. The van der Waals surface area contributed by atoms with E-state index in [2.05, 4.69) is 10.3 Å². The van der Waals surface area contributed by atoms with Crippen molar-refractivity contribution < 1.29 is 8.42 Å². The zero-order valence-electron chi connectivity index (χ0n) is 13.2. The fourth-order valence-corrected chi connectivity index (χ4v) is 3.80. The van der Waals surface area contributed by atoms with Gasteiger partial charge in [0.2, 0.25) is 0 Å². The second-order valence-electron chi connectivity index (χ2n) is 5.89. The van der Waals surface area contributed by atoms with Gasteiger partial charge in [-0.1, -0.05) is 30.3 Å². The van der Waals surface area contributed by atoms with Crippen molar-refractivity contribution in [1.82, 2.24) is 10.2 Å². The maximum atomic E-state index is 12.1. The third-order valence-electron chi connectivity index (χ3n) is 3.85. The molecule has 0 aromatic heterocycles. The number of nitrogens with zero attached hydrogens (tertiary/aromatic N) is 2. The number of guanidine groups is 1. The van der Waals surface area contributed by atoms with E-state index >= 15 is 0 Å². The maximum absolute atomic E-state index is 12.1. The SMILES string of the molecule is CN=C(NCc1ccccc1)N1CCS(=O)(=O)C(C)(C)C1.I. The van der Waals surface area contributed by atoms with Gasteiger partial charge in [-0.2, -0.15) is 0 Å². The molecule has 5 nitrogen and oxygen atoms in total. The van der Waals surface area contributed by atoms with Gasteiger partial charge in [-0.3, -0.25) is 4.99 Å². The molecular formula is C15H24IN3O2S. The Kier molecular flexibility index (Phi) is 6.66. The smallest absolute Gasteiger partial charge is 0.193 e. The molecule has 0 bridgehead atoms. The highest BCUT2D eigenvalue weighted by atomic mass is 127. The summed E-state index contributed by atoms with van der Waals surface area (Å²) in [5, 5.41) is 3.30. The molecule has 2 rings (SSSR count). The molecule has 1 aromatic rings. The number of hydrogen-bond donors (Lipinski definition) is 1. The predicted molar refractivity (Wildman–Crippen MR) is 101 cm³/mol. The van der Waals surface area contributed by atoms with Crippen molar-refractivity contribution >= 4 is 39.8 Å². The second kappa shape index (κ2) is 7.63. The van der Waals surface area contributed by atoms with Gasteiger partial charge < -0.3 is 10.2 Å². The van der Waals surface area contributed by atoms with E-state index in [4.69, 9.17) is 0 Å². The van der Waals surface area contributed by atoms with Gasteiger partial charge in [0.25, 0.3) is 0 Å². The largest absolute Gasteiger partial charge is 0.352 e. The van der Waals surface area contributed by atoms with Crippen LogP contribution < -0.4 is 5.32 Å². The Labute approximate surface area is 150 Å². The third-order valence-corrected chi connectivity index (χ3v) is 6.38. The van der Waals surface area contributed by atoms with E-state index in [0.717, 1.165) is 5.96 Å². The number of aliphatic imine (C=N–C) groups is 1. The Balaban J connectivity index is 0.00000242. The van der Waals surface area contributed by atoms with Gasteiger partial charge >= 0.3 is 0 Å². The van der Waals surface area contributed by atoms with E-state index in [1.165, 1.54) is 5.56 Å². The molecule has 22 heavy (non-hydrogen) atoms. The molecule has 0 saturated carbocycles. The van der Waals surface area contributed by atoms with Crippen LogP contribution in [0.2, 0.25) is 0 Å². The third kappa shape index (κ3) is 4.34. The number of nitrogens with one attached hydrogen (secondary N) is 1. The van der Waals surface area contributed by atoms with Gasteiger partial charge in [0, 0.05) is 26.7 Å². The number of rotatable bonds is 2. The van der Waals surface area contributed by atoms with E-state index in [-0.39, 0.29) is 29.7 Å². The summed E-state index contributed by atoms with van der Waals surface area (Å²) in [6, 6.07) is 10.1. The van der Waals surface area contributed by atoms with E-state index in [0.29, 0.717) is 19.6 Å². The van der Waals surface area contributed by atoms with Gasteiger partial charge in [0.15, 0.2) is 15.8 Å². The maximum Gasteiger partial charge on any atom is 0.193 e. The highest BCUT2D eigenvalue weighted by molar-refractivity contribution is 14.0. The first-order valence-electron chi connectivity index (χ1n) is 7.07.